The number of hydrogen-bond donors (Lipinski definition) is 0. The predicted octanol–water partition coefficient (Wildman–Crippen LogP) is 5.41. The Morgan fingerprint density at radius 1 is 0.885 bits per heavy atom. The highest BCUT2D eigenvalue weighted by molar-refractivity contribution is 6.42. The number of halogens is 4. The lowest BCUT2D eigenvalue weighted by atomic mass is 10.2. The van der Waals surface area contributed by atoms with E-state index in [1.807, 2.05) is 31.1 Å². The topological polar surface area (TPSA) is 15.7 Å². The molecule has 7 heteroatoms. The summed E-state index contributed by atoms with van der Waals surface area (Å²) in [6.45, 7) is 3.02. The van der Waals surface area contributed by atoms with E-state index in [9.17, 15) is 0 Å². The first kappa shape index (κ1) is 25.3. The first-order chi connectivity index (χ1) is 11.5. The van der Waals surface area contributed by atoms with Crippen molar-refractivity contribution in [2.24, 2.45) is 0 Å². The van der Waals surface area contributed by atoms with Crippen molar-refractivity contribution >= 4 is 48.0 Å². The molecule has 0 aliphatic rings. The highest BCUT2D eigenvalue weighted by Gasteiger charge is 2.13. The van der Waals surface area contributed by atoms with Gasteiger partial charge in [0.1, 0.15) is 12.4 Å². The third-order valence-corrected chi connectivity index (χ3v) is 4.50. The van der Waals surface area contributed by atoms with Crippen LogP contribution in [-0.4, -0.2) is 44.1 Å². The Morgan fingerprint density at radius 2 is 1.54 bits per heavy atom. The lowest BCUT2D eigenvalue weighted by Gasteiger charge is -2.20. The van der Waals surface area contributed by atoms with Crippen LogP contribution in [0.3, 0.4) is 0 Å². The molecule has 0 aliphatic carbocycles. The quantitative estimate of drug-likeness (QED) is 0.546. The molecule has 0 unspecified atom stereocenters. The summed E-state index contributed by atoms with van der Waals surface area (Å²) in [4.78, 5) is 4.28. The summed E-state index contributed by atoms with van der Waals surface area (Å²) in [7, 11) is 6.08. The summed E-state index contributed by atoms with van der Waals surface area (Å²) in [6.07, 6.45) is 0. The van der Waals surface area contributed by atoms with Crippen molar-refractivity contribution in [3.63, 3.8) is 0 Å². The summed E-state index contributed by atoms with van der Waals surface area (Å²) in [5.74, 6) is 0.797. The molecule has 0 saturated carbocycles. The molecule has 0 aromatic heterocycles. The molecule has 0 atom stereocenters. The molecular formula is C19H26Cl4N2O. The standard InChI is InChI=1S/C19H24Cl2N2O.2ClH/c1-22(2)14-16-18(10-9-17(20)19(16)21)24-12-11-23(3)13-15-7-5-4-6-8-15;;/h4-10H,11-14H2,1-3H3;2*1H. The van der Waals surface area contributed by atoms with Crippen molar-refractivity contribution in [2.75, 3.05) is 34.3 Å². The second-order valence-electron chi connectivity index (χ2n) is 6.15. The van der Waals surface area contributed by atoms with Gasteiger partial charge in [0, 0.05) is 25.2 Å². The van der Waals surface area contributed by atoms with E-state index < -0.39 is 0 Å². The molecule has 146 valence electrons. The predicted molar refractivity (Wildman–Crippen MR) is 117 cm³/mol. The van der Waals surface area contributed by atoms with Crippen LogP contribution in [0.4, 0.5) is 0 Å². The van der Waals surface area contributed by atoms with Crippen LogP contribution in [0.1, 0.15) is 11.1 Å². The number of nitrogens with zero attached hydrogens (tertiary/aromatic N) is 2. The van der Waals surface area contributed by atoms with Gasteiger partial charge in [-0.3, -0.25) is 4.90 Å². The van der Waals surface area contributed by atoms with Crippen molar-refractivity contribution in [2.45, 2.75) is 13.1 Å². The second-order valence-corrected chi connectivity index (χ2v) is 6.93. The summed E-state index contributed by atoms with van der Waals surface area (Å²) in [6, 6.07) is 14.1. The van der Waals surface area contributed by atoms with Gasteiger partial charge in [-0.15, -0.1) is 24.8 Å². The first-order valence-electron chi connectivity index (χ1n) is 7.94. The van der Waals surface area contributed by atoms with E-state index in [2.05, 4.69) is 36.2 Å². The number of hydrogen-bond acceptors (Lipinski definition) is 3. The fourth-order valence-electron chi connectivity index (χ4n) is 2.46. The lowest BCUT2D eigenvalue weighted by Crippen LogP contribution is -2.24. The van der Waals surface area contributed by atoms with Crippen molar-refractivity contribution in [1.29, 1.82) is 0 Å². The van der Waals surface area contributed by atoms with Gasteiger partial charge < -0.3 is 9.64 Å². The van der Waals surface area contributed by atoms with Gasteiger partial charge in [-0.05, 0) is 38.8 Å². The van der Waals surface area contributed by atoms with Crippen LogP contribution >= 0.6 is 48.0 Å². The monoisotopic (exact) mass is 438 g/mol. The van der Waals surface area contributed by atoms with Gasteiger partial charge in [-0.25, -0.2) is 0 Å². The highest BCUT2D eigenvalue weighted by Crippen LogP contribution is 2.33. The fourth-order valence-corrected chi connectivity index (χ4v) is 2.85. The Labute approximate surface area is 179 Å². The Hall–Kier alpha value is -0.680. The van der Waals surface area contributed by atoms with Gasteiger partial charge in [-0.2, -0.15) is 0 Å². The number of ether oxygens (including phenoxy) is 1. The van der Waals surface area contributed by atoms with E-state index >= 15 is 0 Å². The smallest absolute Gasteiger partial charge is 0.125 e. The molecule has 0 aliphatic heterocycles. The molecule has 0 radical (unpaired) electrons. The van der Waals surface area contributed by atoms with Gasteiger partial charge in [-0.1, -0.05) is 53.5 Å². The number of benzene rings is 2. The summed E-state index contributed by atoms with van der Waals surface area (Å²) in [5, 5.41) is 1.13. The van der Waals surface area contributed by atoms with Gasteiger partial charge in [0.25, 0.3) is 0 Å². The van der Waals surface area contributed by atoms with Gasteiger partial charge in [0.2, 0.25) is 0 Å². The molecule has 0 spiro atoms. The van der Waals surface area contributed by atoms with Crippen LogP contribution in [0.25, 0.3) is 0 Å². The van der Waals surface area contributed by atoms with Crippen molar-refractivity contribution in [3.05, 3.63) is 63.6 Å². The molecule has 0 amide bonds. The number of likely N-dealkylation sites (N-methyl/N-ethyl adjacent to an activating group) is 1. The molecule has 0 heterocycles. The molecule has 2 aromatic carbocycles. The first-order valence-corrected chi connectivity index (χ1v) is 8.70. The van der Waals surface area contributed by atoms with Crippen LogP contribution in [-0.2, 0) is 13.1 Å². The molecule has 2 aromatic rings. The van der Waals surface area contributed by atoms with E-state index in [0.717, 1.165) is 24.4 Å². The summed E-state index contributed by atoms with van der Waals surface area (Å²) >= 11 is 12.5. The lowest BCUT2D eigenvalue weighted by molar-refractivity contribution is 0.229. The van der Waals surface area contributed by atoms with Crippen LogP contribution in [0.2, 0.25) is 10.0 Å². The Balaban J connectivity index is 0.00000312. The van der Waals surface area contributed by atoms with E-state index in [1.54, 1.807) is 6.07 Å². The van der Waals surface area contributed by atoms with E-state index in [1.165, 1.54) is 5.56 Å². The molecule has 0 N–H and O–H groups in total. The average molecular weight is 440 g/mol. The molecular weight excluding hydrogens is 414 g/mol. The van der Waals surface area contributed by atoms with Crippen molar-refractivity contribution < 1.29 is 4.74 Å². The maximum absolute atomic E-state index is 6.34. The third-order valence-electron chi connectivity index (χ3n) is 3.65. The van der Waals surface area contributed by atoms with Gasteiger partial charge in [0.15, 0.2) is 0 Å². The Bertz CT molecular complexity index is 653. The summed E-state index contributed by atoms with van der Waals surface area (Å²) < 4.78 is 5.97. The van der Waals surface area contributed by atoms with Gasteiger partial charge >= 0.3 is 0 Å². The van der Waals surface area contributed by atoms with Crippen LogP contribution in [0, 0.1) is 0 Å². The van der Waals surface area contributed by atoms with E-state index in [4.69, 9.17) is 27.9 Å². The minimum atomic E-state index is 0. The normalized spacial score (nSPS) is 10.4. The zero-order chi connectivity index (χ0) is 17.5. The Kier molecular flexibility index (Phi) is 12.3. The molecule has 0 saturated heterocycles. The zero-order valence-electron chi connectivity index (χ0n) is 15.2. The Morgan fingerprint density at radius 3 is 2.15 bits per heavy atom. The molecule has 0 bridgehead atoms. The third kappa shape index (κ3) is 7.91. The summed E-state index contributed by atoms with van der Waals surface area (Å²) in [5.41, 5.74) is 2.22. The van der Waals surface area contributed by atoms with Gasteiger partial charge in [0.05, 0.1) is 10.0 Å². The average Bonchev–Trinajstić information content (AvgIpc) is 2.54. The molecule has 26 heavy (non-hydrogen) atoms. The van der Waals surface area contributed by atoms with Crippen molar-refractivity contribution in [3.8, 4) is 5.75 Å². The van der Waals surface area contributed by atoms with Crippen molar-refractivity contribution in [1.82, 2.24) is 9.80 Å². The van der Waals surface area contributed by atoms with Crippen LogP contribution in [0.15, 0.2) is 42.5 Å². The maximum atomic E-state index is 6.34. The minimum absolute atomic E-state index is 0. The second kappa shape index (κ2) is 12.7. The van der Waals surface area contributed by atoms with E-state index in [-0.39, 0.29) is 24.8 Å². The zero-order valence-corrected chi connectivity index (χ0v) is 18.4. The fraction of sp³-hybridized carbons (Fsp3) is 0.368. The SMILES string of the molecule is CN(C)Cc1c(OCCN(C)Cc2ccccc2)ccc(Cl)c1Cl.Cl.Cl. The minimum Gasteiger partial charge on any atom is -0.492 e. The molecule has 2 rings (SSSR count). The highest BCUT2D eigenvalue weighted by atomic mass is 35.5. The largest absolute Gasteiger partial charge is 0.492 e. The van der Waals surface area contributed by atoms with Crippen LogP contribution < -0.4 is 4.74 Å². The molecule has 0 fully saturated rings. The molecule has 3 nitrogen and oxygen atoms in total. The maximum Gasteiger partial charge on any atom is 0.125 e. The number of rotatable bonds is 8. The van der Waals surface area contributed by atoms with E-state index in [0.29, 0.717) is 23.2 Å². The van der Waals surface area contributed by atoms with Crippen LogP contribution in [0.5, 0.6) is 5.75 Å².